The van der Waals surface area contributed by atoms with Gasteiger partial charge in [-0.05, 0) is 37.1 Å². The molecule has 0 spiro atoms. The quantitative estimate of drug-likeness (QED) is 0.781. The number of hydrogen-bond donors (Lipinski definition) is 1. The van der Waals surface area contributed by atoms with Crippen LogP contribution in [0.2, 0.25) is 10.0 Å². The highest BCUT2D eigenvalue weighted by Gasteiger charge is 2.10. The molecule has 1 aromatic rings. The molecule has 0 saturated heterocycles. The minimum absolute atomic E-state index is 0.126. The van der Waals surface area contributed by atoms with Crippen molar-refractivity contribution in [3.8, 4) is 0 Å². The van der Waals surface area contributed by atoms with E-state index in [9.17, 15) is 0 Å². The fourth-order valence-electron chi connectivity index (χ4n) is 1.28. The summed E-state index contributed by atoms with van der Waals surface area (Å²) in [5.41, 5.74) is 7.87. The van der Waals surface area contributed by atoms with E-state index in [1.54, 1.807) is 18.2 Å². The van der Waals surface area contributed by atoms with Crippen LogP contribution in [0, 0.1) is 0 Å². The SMILES string of the molecule is C=C(C)C[C@H](N)c1cc(Cl)ccc1Cl. The largest absolute Gasteiger partial charge is 0.324 e. The zero-order valence-corrected chi connectivity index (χ0v) is 9.57. The van der Waals surface area contributed by atoms with Gasteiger partial charge in [-0.1, -0.05) is 28.8 Å². The molecule has 0 aliphatic rings. The first kappa shape index (κ1) is 11.6. The van der Waals surface area contributed by atoms with Crippen molar-refractivity contribution in [1.82, 2.24) is 0 Å². The first-order valence-electron chi connectivity index (χ1n) is 4.35. The van der Waals surface area contributed by atoms with Crippen LogP contribution in [-0.2, 0) is 0 Å². The number of halogens is 2. The van der Waals surface area contributed by atoms with Gasteiger partial charge in [-0.25, -0.2) is 0 Å². The second-order valence-corrected chi connectivity index (χ2v) is 4.28. The number of nitrogens with two attached hydrogens (primary N) is 1. The Morgan fingerprint density at radius 2 is 2.14 bits per heavy atom. The van der Waals surface area contributed by atoms with Crippen molar-refractivity contribution >= 4 is 23.2 Å². The summed E-state index contributed by atoms with van der Waals surface area (Å²) >= 11 is 11.9. The molecule has 0 heterocycles. The fraction of sp³-hybridized carbons (Fsp3) is 0.273. The Morgan fingerprint density at radius 3 is 2.71 bits per heavy atom. The Hall–Kier alpha value is -0.500. The van der Waals surface area contributed by atoms with E-state index < -0.39 is 0 Å². The molecule has 0 unspecified atom stereocenters. The van der Waals surface area contributed by atoms with Crippen molar-refractivity contribution in [2.45, 2.75) is 19.4 Å². The van der Waals surface area contributed by atoms with Crippen molar-refractivity contribution < 1.29 is 0 Å². The molecule has 14 heavy (non-hydrogen) atoms. The normalized spacial score (nSPS) is 12.6. The van der Waals surface area contributed by atoms with Crippen molar-refractivity contribution in [3.05, 3.63) is 46.0 Å². The molecule has 0 fully saturated rings. The predicted octanol–water partition coefficient (Wildman–Crippen LogP) is 3.96. The van der Waals surface area contributed by atoms with E-state index in [-0.39, 0.29) is 6.04 Å². The summed E-state index contributed by atoms with van der Waals surface area (Å²) in [5, 5.41) is 1.31. The second-order valence-electron chi connectivity index (χ2n) is 3.43. The molecule has 0 radical (unpaired) electrons. The maximum absolute atomic E-state index is 6.01. The summed E-state index contributed by atoms with van der Waals surface area (Å²) in [7, 11) is 0. The van der Waals surface area contributed by atoms with Crippen LogP contribution in [0.1, 0.15) is 24.9 Å². The monoisotopic (exact) mass is 229 g/mol. The summed E-state index contributed by atoms with van der Waals surface area (Å²) < 4.78 is 0. The third kappa shape index (κ3) is 3.02. The highest BCUT2D eigenvalue weighted by Crippen LogP contribution is 2.27. The molecule has 1 nitrogen and oxygen atoms in total. The predicted molar refractivity (Wildman–Crippen MR) is 62.8 cm³/mol. The van der Waals surface area contributed by atoms with Crippen LogP contribution in [-0.4, -0.2) is 0 Å². The van der Waals surface area contributed by atoms with Crippen LogP contribution in [0.4, 0.5) is 0 Å². The summed E-state index contributed by atoms with van der Waals surface area (Å²) in [6.07, 6.45) is 0.722. The van der Waals surface area contributed by atoms with Crippen molar-refractivity contribution in [2.24, 2.45) is 5.73 Å². The minimum atomic E-state index is -0.126. The molecule has 76 valence electrons. The lowest BCUT2D eigenvalue weighted by Gasteiger charge is -2.13. The lowest BCUT2D eigenvalue weighted by Crippen LogP contribution is -2.10. The second kappa shape index (κ2) is 4.83. The van der Waals surface area contributed by atoms with E-state index >= 15 is 0 Å². The standard InChI is InChI=1S/C11H13Cl2N/c1-7(2)5-11(14)9-6-8(12)3-4-10(9)13/h3-4,6,11H,1,5,14H2,2H3/t11-/m0/s1. The van der Waals surface area contributed by atoms with Gasteiger partial charge in [0.25, 0.3) is 0 Å². The smallest absolute Gasteiger partial charge is 0.0454 e. The Labute approximate surface area is 94.5 Å². The molecule has 1 rings (SSSR count). The highest BCUT2D eigenvalue weighted by atomic mass is 35.5. The first-order valence-corrected chi connectivity index (χ1v) is 5.11. The molecular formula is C11H13Cl2N. The van der Waals surface area contributed by atoms with Crippen LogP contribution >= 0.6 is 23.2 Å². The van der Waals surface area contributed by atoms with Gasteiger partial charge < -0.3 is 5.73 Å². The van der Waals surface area contributed by atoms with E-state index in [0.29, 0.717) is 10.0 Å². The molecule has 1 aromatic carbocycles. The van der Waals surface area contributed by atoms with Crippen LogP contribution < -0.4 is 5.73 Å². The maximum atomic E-state index is 6.01. The van der Waals surface area contributed by atoms with E-state index in [1.165, 1.54) is 0 Å². The van der Waals surface area contributed by atoms with Gasteiger partial charge in [0.05, 0.1) is 0 Å². The number of benzene rings is 1. The van der Waals surface area contributed by atoms with Gasteiger partial charge in [-0.3, -0.25) is 0 Å². The molecule has 0 amide bonds. The number of hydrogen-bond acceptors (Lipinski definition) is 1. The van der Waals surface area contributed by atoms with E-state index in [1.807, 2.05) is 6.92 Å². The zero-order valence-electron chi connectivity index (χ0n) is 8.06. The van der Waals surface area contributed by atoms with E-state index in [4.69, 9.17) is 28.9 Å². The van der Waals surface area contributed by atoms with Gasteiger partial charge in [0.2, 0.25) is 0 Å². The van der Waals surface area contributed by atoms with Crippen molar-refractivity contribution in [3.63, 3.8) is 0 Å². The Bertz CT molecular complexity index is 347. The Balaban J connectivity index is 2.93. The van der Waals surface area contributed by atoms with Gasteiger partial charge >= 0.3 is 0 Å². The molecular weight excluding hydrogens is 217 g/mol. The maximum Gasteiger partial charge on any atom is 0.0454 e. The average Bonchev–Trinajstić information content (AvgIpc) is 2.08. The summed E-state index contributed by atoms with van der Waals surface area (Å²) in [4.78, 5) is 0. The van der Waals surface area contributed by atoms with Gasteiger partial charge in [-0.2, -0.15) is 0 Å². The molecule has 0 aliphatic heterocycles. The lowest BCUT2D eigenvalue weighted by molar-refractivity contribution is 0.717. The fourth-order valence-corrected chi connectivity index (χ4v) is 1.72. The van der Waals surface area contributed by atoms with Crippen LogP contribution in [0.15, 0.2) is 30.4 Å². The minimum Gasteiger partial charge on any atom is -0.324 e. The van der Waals surface area contributed by atoms with Gasteiger partial charge in [-0.15, -0.1) is 6.58 Å². The first-order chi connectivity index (χ1) is 6.50. The molecule has 0 aromatic heterocycles. The van der Waals surface area contributed by atoms with Gasteiger partial charge in [0.15, 0.2) is 0 Å². The molecule has 0 aliphatic carbocycles. The molecule has 3 heteroatoms. The van der Waals surface area contributed by atoms with Crippen LogP contribution in [0.5, 0.6) is 0 Å². The van der Waals surface area contributed by atoms with Crippen LogP contribution in [0.25, 0.3) is 0 Å². The van der Waals surface area contributed by atoms with Crippen LogP contribution in [0.3, 0.4) is 0 Å². The van der Waals surface area contributed by atoms with Gasteiger partial charge in [0.1, 0.15) is 0 Å². The van der Waals surface area contributed by atoms with Gasteiger partial charge in [0, 0.05) is 16.1 Å². The zero-order chi connectivity index (χ0) is 10.7. The summed E-state index contributed by atoms with van der Waals surface area (Å²) in [6, 6.07) is 5.19. The Kier molecular flexibility index (Phi) is 3.99. The van der Waals surface area contributed by atoms with Crippen molar-refractivity contribution in [1.29, 1.82) is 0 Å². The molecule has 1 atom stereocenters. The topological polar surface area (TPSA) is 26.0 Å². The Morgan fingerprint density at radius 1 is 1.50 bits per heavy atom. The third-order valence-corrected chi connectivity index (χ3v) is 2.51. The molecule has 2 N–H and O–H groups in total. The summed E-state index contributed by atoms with van der Waals surface area (Å²) in [6.45, 7) is 5.76. The molecule has 0 bridgehead atoms. The molecule has 0 saturated carbocycles. The number of rotatable bonds is 3. The summed E-state index contributed by atoms with van der Waals surface area (Å²) in [5.74, 6) is 0. The third-order valence-electron chi connectivity index (χ3n) is 1.93. The highest BCUT2D eigenvalue weighted by molar-refractivity contribution is 6.33. The van der Waals surface area contributed by atoms with E-state index in [2.05, 4.69) is 6.58 Å². The van der Waals surface area contributed by atoms with E-state index in [0.717, 1.165) is 17.6 Å². The van der Waals surface area contributed by atoms with Crippen molar-refractivity contribution in [2.75, 3.05) is 0 Å². The lowest BCUT2D eigenvalue weighted by atomic mass is 10.0. The average molecular weight is 230 g/mol.